The van der Waals surface area contributed by atoms with Crippen LogP contribution >= 0.6 is 23.2 Å². The molecule has 0 radical (unpaired) electrons. The lowest BCUT2D eigenvalue weighted by atomic mass is 9.88. The third kappa shape index (κ3) is 3.03. The molecule has 2 rings (SSSR count). The van der Waals surface area contributed by atoms with Crippen molar-refractivity contribution in [2.24, 2.45) is 5.41 Å². The van der Waals surface area contributed by atoms with Crippen LogP contribution < -0.4 is 5.32 Å². The SMILES string of the molecule is CC1(CNC(=O)c2cc([N+](=O)[O-])cc(Cl)c2Cl)COC1. The van der Waals surface area contributed by atoms with Gasteiger partial charge in [0.25, 0.3) is 11.6 Å². The summed E-state index contributed by atoms with van der Waals surface area (Å²) in [6.07, 6.45) is 0. The Kier molecular flexibility index (Phi) is 4.17. The van der Waals surface area contributed by atoms with Crippen molar-refractivity contribution < 1.29 is 14.5 Å². The second-order valence-corrected chi connectivity index (χ2v) is 5.82. The van der Waals surface area contributed by atoms with Crippen LogP contribution in [-0.2, 0) is 4.74 Å². The molecule has 0 aliphatic carbocycles. The predicted octanol–water partition coefficient (Wildman–Crippen LogP) is 2.67. The van der Waals surface area contributed by atoms with E-state index < -0.39 is 10.8 Å². The van der Waals surface area contributed by atoms with E-state index in [2.05, 4.69) is 5.32 Å². The highest BCUT2D eigenvalue weighted by atomic mass is 35.5. The summed E-state index contributed by atoms with van der Waals surface area (Å²) in [5.41, 5.74) is -0.385. The molecule has 20 heavy (non-hydrogen) atoms. The van der Waals surface area contributed by atoms with Crippen molar-refractivity contribution in [1.82, 2.24) is 5.32 Å². The van der Waals surface area contributed by atoms with Crippen LogP contribution in [-0.4, -0.2) is 30.6 Å². The minimum atomic E-state index is -0.625. The van der Waals surface area contributed by atoms with Gasteiger partial charge in [-0.2, -0.15) is 0 Å². The molecule has 1 fully saturated rings. The average Bonchev–Trinajstić information content (AvgIpc) is 2.36. The molecule has 1 saturated heterocycles. The third-order valence-electron chi connectivity index (χ3n) is 3.05. The van der Waals surface area contributed by atoms with Gasteiger partial charge in [0, 0.05) is 24.1 Å². The maximum absolute atomic E-state index is 12.1. The maximum atomic E-state index is 12.1. The molecular weight excluding hydrogens is 307 g/mol. The average molecular weight is 319 g/mol. The van der Waals surface area contributed by atoms with Gasteiger partial charge >= 0.3 is 0 Å². The fourth-order valence-corrected chi connectivity index (χ4v) is 2.20. The van der Waals surface area contributed by atoms with Gasteiger partial charge in [-0.3, -0.25) is 14.9 Å². The molecule has 0 unspecified atom stereocenters. The van der Waals surface area contributed by atoms with Crippen LogP contribution in [0.5, 0.6) is 0 Å². The summed E-state index contributed by atoms with van der Waals surface area (Å²) in [6.45, 7) is 3.51. The smallest absolute Gasteiger partial charge is 0.271 e. The Labute approximate surface area is 125 Å². The number of non-ortho nitro benzene ring substituents is 1. The normalized spacial score (nSPS) is 16.4. The zero-order valence-corrected chi connectivity index (χ0v) is 12.1. The number of halogens is 2. The molecule has 1 aromatic rings. The lowest BCUT2D eigenvalue weighted by molar-refractivity contribution is -0.384. The van der Waals surface area contributed by atoms with Crippen LogP contribution in [0.1, 0.15) is 17.3 Å². The van der Waals surface area contributed by atoms with Gasteiger partial charge < -0.3 is 10.1 Å². The number of hydrogen-bond donors (Lipinski definition) is 1. The first kappa shape index (κ1) is 15.0. The van der Waals surface area contributed by atoms with E-state index in [1.807, 2.05) is 6.92 Å². The zero-order chi connectivity index (χ0) is 14.9. The molecule has 108 valence electrons. The van der Waals surface area contributed by atoms with Gasteiger partial charge in [0.2, 0.25) is 0 Å². The number of nitro groups is 1. The van der Waals surface area contributed by atoms with E-state index in [1.165, 1.54) is 0 Å². The fraction of sp³-hybridized carbons (Fsp3) is 0.417. The highest BCUT2D eigenvalue weighted by Gasteiger charge is 2.34. The summed E-state index contributed by atoms with van der Waals surface area (Å²) in [5.74, 6) is -0.492. The molecule has 0 saturated carbocycles. The van der Waals surface area contributed by atoms with E-state index in [0.717, 1.165) is 12.1 Å². The van der Waals surface area contributed by atoms with Crippen LogP contribution in [0, 0.1) is 15.5 Å². The summed E-state index contributed by atoms with van der Waals surface area (Å²) in [5, 5.41) is 13.4. The van der Waals surface area contributed by atoms with Gasteiger partial charge in [-0.05, 0) is 0 Å². The van der Waals surface area contributed by atoms with Gasteiger partial charge in [0.15, 0.2) is 0 Å². The molecule has 8 heteroatoms. The van der Waals surface area contributed by atoms with Crippen molar-refractivity contribution in [1.29, 1.82) is 0 Å². The van der Waals surface area contributed by atoms with Gasteiger partial charge in [-0.15, -0.1) is 0 Å². The first-order chi connectivity index (χ1) is 9.32. The second-order valence-electron chi connectivity index (χ2n) is 5.03. The van der Waals surface area contributed by atoms with Gasteiger partial charge in [-0.1, -0.05) is 30.1 Å². The maximum Gasteiger partial charge on any atom is 0.271 e. The van der Waals surface area contributed by atoms with E-state index >= 15 is 0 Å². The molecule has 0 atom stereocenters. The summed E-state index contributed by atoms with van der Waals surface area (Å²) >= 11 is 11.7. The largest absolute Gasteiger partial charge is 0.380 e. The van der Waals surface area contributed by atoms with Crippen molar-refractivity contribution in [3.8, 4) is 0 Å². The first-order valence-corrected chi connectivity index (χ1v) is 6.57. The Balaban J connectivity index is 2.18. The standard InChI is InChI=1S/C12H12Cl2N2O4/c1-12(5-20-6-12)4-15-11(17)8-2-7(16(18)19)3-9(13)10(8)14/h2-3H,4-6H2,1H3,(H,15,17). The van der Waals surface area contributed by atoms with Gasteiger partial charge in [0.05, 0.1) is 33.7 Å². The number of nitro benzene ring substituents is 1. The van der Waals surface area contributed by atoms with Crippen molar-refractivity contribution in [2.75, 3.05) is 19.8 Å². The van der Waals surface area contributed by atoms with Crippen LogP contribution in [0.25, 0.3) is 0 Å². The lowest BCUT2D eigenvalue weighted by Gasteiger charge is -2.38. The quantitative estimate of drug-likeness (QED) is 0.683. The van der Waals surface area contributed by atoms with Crippen molar-refractivity contribution in [2.45, 2.75) is 6.92 Å². The number of nitrogens with zero attached hydrogens (tertiary/aromatic N) is 1. The molecular formula is C12H12Cl2N2O4. The minimum absolute atomic E-state index is 0.00443. The van der Waals surface area contributed by atoms with Crippen LogP contribution in [0.15, 0.2) is 12.1 Å². The van der Waals surface area contributed by atoms with Gasteiger partial charge in [0.1, 0.15) is 0 Å². The summed E-state index contributed by atoms with van der Waals surface area (Å²) in [4.78, 5) is 22.2. The molecule has 0 bridgehead atoms. The fourth-order valence-electron chi connectivity index (χ4n) is 1.79. The van der Waals surface area contributed by atoms with Crippen molar-refractivity contribution in [3.05, 3.63) is 37.9 Å². The zero-order valence-electron chi connectivity index (χ0n) is 10.6. The van der Waals surface area contributed by atoms with E-state index in [1.54, 1.807) is 0 Å². The summed E-state index contributed by atoms with van der Waals surface area (Å²) < 4.78 is 5.08. The number of benzene rings is 1. The molecule has 1 N–H and O–H groups in total. The van der Waals surface area contributed by atoms with E-state index in [0.29, 0.717) is 19.8 Å². The van der Waals surface area contributed by atoms with E-state index in [4.69, 9.17) is 27.9 Å². The van der Waals surface area contributed by atoms with Crippen LogP contribution in [0.4, 0.5) is 5.69 Å². The Bertz CT molecular complexity index is 573. The third-order valence-corrected chi connectivity index (χ3v) is 3.85. The van der Waals surface area contributed by atoms with Crippen LogP contribution in [0.2, 0.25) is 10.0 Å². The Morgan fingerprint density at radius 1 is 1.50 bits per heavy atom. The number of ether oxygens (including phenoxy) is 1. The lowest BCUT2D eigenvalue weighted by Crippen LogP contribution is -2.48. The highest BCUT2D eigenvalue weighted by molar-refractivity contribution is 6.44. The van der Waals surface area contributed by atoms with Crippen molar-refractivity contribution >= 4 is 34.8 Å². The molecule has 1 aliphatic heterocycles. The topological polar surface area (TPSA) is 81.5 Å². The number of carbonyl (C=O) groups excluding carboxylic acids is 1. The molecule has 0 spiro atoms. The number of rotatable bonds is 4. The summed E-state index contributed by atoms with van der Waals surface area (Å²) in [7, 11) is 0. The Morgan fingerprint density at radius 2 is 2.15 bits per heavy atom. The van der Waals surface area contributed by atoms with Gasteiger partial charge in [-0.25, -0.2) is 0 Å². The monoisotopic (exact) mass is 318 g/mol. The second kappa shape index (κ2) is 5.55. The van der Waals surface area contributed by atoms with E-state index in [9.17, 15) is 14.9 Å². The molecule has 1 aromatic carbocycles. The number of nitrogens with one attached hydrogen (secondary N) is 1. The molecule has 6 nitrogen and oxygen atoms in total. The molecule has 1 aliphatic rings. The Morgan fingerprint density at radius 3 is 2.65 bits per heavy atom. The van der Waals surface area contributed by atoms with Crippen molar-refractivity contribution in [3.63, 3.8) is 0 Å². The van der Waals surface area contributed by atoms with Crippen LogP contribution in [0.3, 0.4) is 0 Å². The molecule has 0 aromatic heterocycles. The number of hydrogen-bond acceptors (Lipinski definition) is 4. The number of carbonyl (C=O) groups is 1. The molecule has 1 heterocycles. The minimum Gasteiger partial charge on any atom is -0.380 e. The summed E-state index contributed by atoms with van der Waals surface area (Å²) in [6, 6.07) is 2.23. The molecule has 1 amide bonds. The highest BCUT2D eigenvalue weighted by Crippen LogP contribution is 2.31. The number of amides is 1. The Hall–Kier alpha value is -1.37. The van der Waals surface area contributed by atoms with E-state index in [-0.39, 0.29) is 26.7 Å². The first-order valence-electron chi connectivity index (χ1n) is 5.82. The predicted molar refractivity (Wildman–Crippen MR) is 74.4 cm³/mol.